The van der Waals surface area contributed by atoms with Crippen molar-refractivity contribution in [3.8, 4) is 17.2 Å². The van der Waals surface area contributed by atoms with Crippen LogP contribution < -0.4 is 10.2 Å². The van der Waals surface area contributed by atoms with E-state index >= 15 is 8.78 Å². The average Bonchev–Trinajstić information content (AvgIpc) is 3.67. The SMILES string of the molecule is CN(C)[C@H]1CCN(c2ncc3c4c(c(-c5c(F)ccc6sc(NC(=O)OC(C)(C)C)c(C#N)c56)c(F)c3n2)COC4)C1. The number of thiophene rings is 1. The zero-order chi connectivity index (χ0) is 29.9. The number of carbonyl (C=O) groups is 1. The molecule has 2 aromatic heterocycles. The highest BCUT2D eigenvalue weighted by atomic mass is 32.1. The summed E-state index contributed by atoms with van der Waals surface area (Å²) in [7, 11) is 4.04. The van der Waals surface area contributed by atoms with Gasteiger partial charge in [0.1, 0.15) is 28.0 Å². The highest BCUT2D eigenvalue weighted by molar-refractivity contribution is 7.23. The van der Waals surface area contributed by atoms with Crippen LogP contribution >= 0.6 is 11.3 Å². The Morgan fingerprint density at radius 2 is 2.00 bits per heavy atom. The predicted molar refractivity (Wildman–Crippen MR) is 158 cm³/mol. The van der Waals surface area contributed by atoms with Crippen molar-refractivity contribution in [2.75, 3.05) is 37.4 Å². The zero-order valence-electron chi connectivity index (χ0n) is 24.0. The number of fused-ring (bicyclic) bond motifs is 4. The van der Waals surface area contributed by atoms with Crippen LogP contribution in [0.5, 0.6) is 0 Å². The number of benzene rings is 2. The van der Waals surface area contributed by atoms with E-state index in [9.17, 15) is 10.1 Å². The molecule has 0 bridgehead atoms. The minimum Gasteiger partial charge on any atom is -0.444 e. The smallest absolute Gasteiger partial charge is 0.412 e. The number of hydrogen-bond donors (Lipinski definition) is 1. The molecular weight excluding hydrogens is 562 g/mol. The molecule has 4 heterocycles. The zero-order valence-corrected chi connectivity index (χ0v) is 24.8. The summed E-state index contributed by atoms with van der Waals surface area (Å²) in [5.41, 5.74) is 0.470. The van der Waals surface area contributed by atoms with Crippen molar-refractivity contribution in [1.29, 1.82) is 5.26 Å². The van der Waals surface area contributed by atoms with Crippen LogP contribution in [-0.2, 0) is 22.7 Å². The van der Waals surface area contributed by atoms with Crippen LogP contribution in [0.2, 0.25) is 0 Å². The number of nitrogens with zero attached hydrogens (tertiary/aromatic N) is 5. The Morgan fingerprint density at radius 3 is 2.69 bits per heavy atom. The third-order valence-electron chi connectivity index (χ3n) is 7.65. The summed E-state index contributed by atoms with van der Waals surface area (Å²) in [6, 6.07) is 5.19. The summed E-state index contributed by atoms with van der Waals surface area (Å²) >= 11 is 1.09. The van der Waals surface area contributed by atoms with Gasteiger partial charge in [0.25, 0.3) is 0 Å². The number of nitriles is 1. The van der Waals surface area contributed by atoms with Gasteiger partial charge in [-0.25, -0.2) is 23.5 Å². The number of likely N-dealkylation sites (N-methyl/N-ethyl adjacent to an activating group) is 1. The van der Waals surface area contributed by atoms with Crippen LogP contribution in [0.4, 0.5) is 24.5 Å². The number of anilines is 2. The molecule has 1 saturated heterocycles. The fourth-order valence-electron chi connectivity index (χ4n) is 5.66. The molecule has 1 atom stereocenters. The maximum atomic E-state index is 16.7. The van der Waals surface area contributed by atoms with Gasteiger partial charge in [-0.05, 0) is 64.5 Å². The first-order chi connectivity index (χ1) is 20.0. The van der Waals surface area contributed by atoms with Crippen LogP contribution in [0, 0.1) is 23.0 Å². The first-order valence-electron chi connectivity index (χ1n) is 13.6. The van der Waals surface area contributed by atoms with Crippen molar-refractivity contribution in [3.63, 3.8) is 0 Å². The Hall–Kier alpha value is -3.92. The monoisotopic (exact) mass is 592 g/mol. The summed E-state index contributed by atoms with van der Waals surface area (Å²) in [6.07, 6.45) is 1.80. The van der Waals surface area contributed by atoms with Gasteiger partial charge in [0.2, 0.25) is 5.95 Å². The number of hydrogen-bond acceptors (Lipinski definition) is 9. The quantitative estimate of drug-likeness (QED) is 0.300. The molecule has 2 aliphatic heterocycles. The van der Waals surface area contributed by atoms with Crippen molar-refractivity contribution < 1.29 is 23.0 Å². The van der Waals surface area contributed by atoms with Crippen molar-refractivity contribution in [2.45, 2.75) is 52.0 Å². The minimum atomic E-state index is -0.761. The standard InChI is InChI=1S/C30H30F2N6O3S/c1-30(2,3)41-29(39)36-27-16(10-33)22-21(42-27)7-6-20(31)24(22)23-19-14-40-13-18(19)17-11-34-28(35-26(17)25(23)32)38-9-8-15(12-38)37(4)5/h6-7,11,15H,8-9,12-14H2,1-5H3,(H,36,39)/t15-/m0/s1. The highest BCUT2D eigenvalue weighted by Crippen LogP contribution is 2.47. The molecule has 4 aromatic rings. The molecule has 218 valence electrons. The lowest BCUT2D eigenvalue weighted by Gasteiger charge is -2.21. The van der Waals surface area contributed by atoms with Crippen LogP contribution in [0.3, 0.4) is 0 Å². The lowest BCUT2D eigenvalue weighted by molar-refractivity contribution is 0.0636. The molecule has 9 nitrogen and oxygen atoms in total. The van der Waals surface area contributed by atoms with Crippen molar-refractivity contribution >= 4 is 49.4 Å². The Balaban J connectivity index is 1.54. The maximum absolute atomic E-state index is 16.7. The second kappa shape index (κ2) is 10.4. The highest BCUT2D eigenvalue weighted by Gasteiger charge is 2.32. The van der Waals surface area contributed by atoms with E-state index in [-0.39, 0.29) is 45.8 Å². The lowest BCUT2D eigenvalue weighted by atomic mass is 9.90. The fourth-order valence-corrected chi connectivity index (χ4v) is 6.71. The number of amides is 1. The largest absolute Gasteiger partial charge is 0.444 e. The molecule has 42 heavy (non-hydrogen) atoms. The number of aromatic nitrogens is 2. The van der Waals surface area contributed by atoms with E-state index in [2.05, 4.69) is 26.3 Å². The van der Waals surface area contributed by atoms with Gasteiger partial charge in [-0.15, -0.1) is 11.3 Å². The van der Waals surface area contributed by atoms with Crippen LogP contribution in [0.15, 0.2) is 18.3 Å². The van der Waals surface area contributed by atoms with E-state index in [1.807, 2.05) is 19.0 Å². The molecule has 0 aliphatic carbocycles. The molecule has 6 rings (SSSR count). The van der Waals surface area contributed by atoms with Gasteiger partial charge in [0, 0.05) is 51.9 Å². The molecule has 12 heteroatoms. The number of halogens is 2. The maximum Gasteiger partial charge on any atom is 0.412 e. The van der Waals surface area contributed by atoms with Crippen LogP contribution in [-0.4, -0.2) is 59.8 Å². The van der Waals surface area contributed by atoms with Gasteiger partial charge in [-0.3, -0.25) is 5.32 Å². The Kier molecular flexibility index (Phi) is 7.00. The summed E-state index contributed by atoms with van der Waals surface area (Å²) < 4.78 is 44.1. The van der Waals surface area contributed by atoms with E-state index in [1.165, 1.54) is 12.1 Å². The Labute approximate surface area is 245 Å². The number of nitrogens with one attached hydrogen (secondary N) is 1. The van der Waals surface area contributed by atoms with E-state index in [4.69, 9.17) is 9.47 Å². The first kappa shape index (κ1) is 28.2. The second-order valence-corrected chi connectivity index (χ2v) is 12.8. The average molecular weight is 593 g/mol. The second-order valence-electron chi connectivity index (χ2n) is 11.8. The Bertz CT molecular complexity index is 1790. The minimum absolute atomic E-state index is 0.00783. The molecular formula is C30H30F2N6O3S. The van der Waals surface area contributed by atoms with Gasteiger partial charge in [-0.1, -0.05) is 0 Å². The van der Waals surface area contributed by atoms with E-state index in [0.717, 1.165) is 24.3 Å². The van der Waals surface area contributed by atoms with Crippen LogP contribution in [0.1, 0.15) is 43.9 Å². The van der Waals surface area contributed by atoms with Gasteiger partial charge in [-0.2, -0.15) is 5.26 Å². The van der Waals surface area contributed by atoms with Gasteiger partial charge >= 0.3 is 6.09 Å². The number of rotatable bonds is 4. The molecule has 0 spiro atoms. The third kappa shape index (κ3) is 4.81. The van der Waals surface area contributed by atoms with Crippen molar-refractivity contribution in [2.24, 2.45) is 0 Å². The molecule has 1 amide bonds. The topological polar surface area (TPSA) is 104 Å². The molecule has 1 fully saturated rings. The van der Waals surface area contributed by atoms with E-state index < -0.39 is 23.3 Å². The van der Waals surface area contributed by atoms with Crippen LogP contribution in [0.25, 0.3) is 32.1 Å². The first-order valence-corrected chi connectivity index (χ1v) is 14.4. The summed E-state index contributed by atoms with van der Waals surface area (Å²) in [4.78, 5) is 25.9. The molecule has 0 saturated carbocycles. The molecule has 0 unspecified atom stereocenters. The molecule has 2 aliphatic rings. The normalized spacial score (nSPS) is 16.8. The molecule has 1 N–H and O–H groups in total. The van der Waals surface area contributed by atoms with Crippen molar-refractivity contribution in [3.05, 3.63) is 46.7 Å². The number of carbonyl (C=O) groups excluding carboxylic acids is 1. The van der Waals surface area contributed by atoms with Gasteiger partial charge in [0.05, 0.1) is 18.8 Å². The number of ether oxygens (including phenoxy) is 2. The van der Waals surface area contributed by atoms with Crippen molar-refractivity contribution in [1.82, 2.24) is 14.9 Å². The fraction of sp³-hybridized carbons (Fsp3) is 0.400. The summed E-state index contributed by atoms with van der Waals surface area (Å²) in [5, 5.41) is 13.7. The molecule has 2 aromatic carbocycles. The van der Waals surface area contributed by atoms with E-state index in [1.54, 1.807) is 27.0 Å². The Morgan fingerprint density at radius 1 is 1.24 bits per heavy atom. The third-order valence-corrected chi connectivity index (χ3v) is 8.72. The lowest BCUT2D eigenvalue weighted by Crippen LogP contribution is -2.32. The summed E-state index contributed by atoms with van der Waals surface area (Å²) in [5.74, 6) is -0.994. The van der Waals surface area contributed by atoms with Gasteiger partial charge < -0.3 is 19.3 Å². The van der Waals surface area contributed by atoms with E-state index in [0.29, 0.717) is 39.7 Å². The molecule has 0 radical (unpaired) electrons. The summed E-state index contributed by atoms with van der Waals surface area (Å²) in [6.45, 7) is 6.89. The predicted octanol–water partition coefficient (Wildman–Crippen LogP) is 6.18. The van der Waals surface area contributed by atoms with Gasteiger partial charge in [0.15, 0.2) is 5.82 Å².